The van der Waals surface area contributed by atoms with Gasteiger partial charge in [-0.15, -0.1) is 0 Å². The zero-order valence-electron chi connectivity index (χ0n) is 23.8. The second-order valence-electron chi connectivity index (χ2n) is 9.79. The molecule has 0 spiro atoms. The lowest BCUT2D eigenvalue weighted by Gasteiger charge is -2.22. The Labute approximate surface area is 251 Å². The van der Waals surface area contributed by atoms with E-state index in [9.17, 15) is 33.1 Å². The van der Waals surface area contributed by atoms with Crippen LogP contribution in [0, 0.1) is 17.0 Å². The third-order valence-electron chi connectivity index (χ3n) is 6.35. The van der Waals surface area contributed by atoms with E-state index in [1.165, 1.54) is 25.1 Å². The normalized spacial score (nSPS) is 11.8. The first-order valence-electron chi connectivity index (χ1n) is 13.7. The van der Waals surface area contributed by atoms with Crippen molar-refractivity contribution in [3.63, 3.8) is 0 Å². The second kappa shape index (κ2) is 16.2. The molecule has 0 aliphatic carbocycles. The highest BCUT2D eigenvalue weighted by Gasteiger charge is 2.25. The van der Waals surface area contributed by atoms with Crippen molar-refractivity contribution in [3.8, 4) is 5.75 Å². The topological polar surface area (TPSA) is 177 Å². The molecular formula is C30H32F2N7O5+. The Kier molecular flexibility index (Phi) is 12.1. The molecule has 0 aliphatic heterocycles. The number of carbonyl (C=O) groups is 4. The van der Waals surface area contributed by atoms with Gasteiger partial charge in [0.15, 0.2) is 0 Å². The summed E-state index contributed by atoms with van der Waals surface area (Å²) in [6.45, 7) is 1.92. The predicted octanol–water partition coefficient (Wildman–Crippen LogP) is 3.08. The number of carbonyl (C=O) groups excluding carboxylic acids is 4. The molecule has 4 amide bonds. The van der Waals surface area contributed by atoms with Gasteiger partial charge in [-0.3, -0.25) is 19.2 Å². The quantitative estimate of drug-likeness (QED) is 0.0925. The van der Waals surface area contributed by atoms with Gasteiger partial charge in [-0.2, -0.15) is 0 Å². The molecule has 230 valence electrons. The van der Waals surface area contributed by atoms with Crippen LogP contribution in [0.3, 0.4) is 0 Å². The third-order valence-corrected chi connectivity index (χ3v) is 6.35. The number of phenolic OH excluding ortho intramolecular Hbond substituents is 1. The molecule has 3 rings (SSSR count). The van der Waals surface area contributed by atoms with E-state index >= 15 is 0 Å². The van der Waals surface area contributed by atoms with Crippen molar-refractivity contribution in [1.82, 2.24) is 21.3 Å². The van der Waals surface area contributed by atoms with E-state index in [0.717, 1.165) is 12.1 Å². The van der Waals surface area contributed by atoms with Gasteiger partial charge in [0.2, 0.25) is 17.7 Å². The summed E-state index contributed by atoms with van der Waals surface area (Å²) in [5.41, 5.74) is 3.18. The zero-order chi connectivity index (χ0) is 32.1. The molecule has 14 heteroatoms. The van der Waals surface area contributed by atoms with Gasteiger partial charge < -0.3 is 26.4 Å². The van der Waals surface area contributed by atoms with E-state index in [2.05, 4.69) is 31.8 Å². The van der Waals surface area contributed by atoms with Crippen molar-refractivity contribution in [2.24, 2.45) is 0 Å². The van der Waals surface area contributed by atoms with Crippen molar-refractivity contribution in [2.45, 2.75) is 38.3 Å². The molecule has 0 unspecified atom stereocenters. The fourth-order valence-electron chi connectivity index (χ4n) is 4.18. The summed E-state index contributed by atoms with van der Waals surface area (Å²) in [5.74, 6) is -4.21. The molecule has 0 bridgehead atoms. The van der Waals surface area contributed by atoms with Crippen LogP contribution in [0.25, 0.3) is 5.08 Å². The number of unbranched alkanes of at least 4 members (excludes halogenated alkanes) is 1. The van der Waals surface area contributed by atoms with Crippen LogP contribution in [-0.2, 0) is 20.8 Å². The van der Waals surface area contributed by atoms with Crippen molar-refractivity contribution in [1.29, 1.82) is 5.39 Å². The van der Waals surface area contributed by atoms with Crippen LogP contribution in [0.1, 0.15) is 47.3 Å². The molecule has 12 nitrogen and oxygen atoms in total. The van der Waals surface area contributed by atoms with Crippen LogP contribution in [0.15, 0.2) is 66.7 Å². The zero-order valence-corrected chi connectivity index (χ0v) is 23.8. The first-order valence-corrected chi connectivity index (χ1v) is 13.7. The standard InChI is InChI=1S/C30H31F2N7O5/c1-18(36-26(41)15-19-13-21(31)16-22(32)14-19)28(42)37-27(20-7-3-2-4-8-20)30(44)35-12-6-5-11-34-29(43)24-10-9-23(38-39-33)17-25(24)40/h2-4,7-10,13-14,16-18,27H,5-6,11-12,15H2,1H3,(H5-,34,35,36,37,38,40,41,42,43,44)/p+1/t18-,27-/m0/s1. The highest BCUT2D eigenvalue weighted by atomic mass is 19.1. The summed E-state index contributed by atoms with van der Waals surface area (Å²) in [6, 6.07) is 13.2. The fourth-order valence-corrected chi connectivity index (χ4v) is 4.18. The van der Waals surface area contributed by atoms with Crippen molar-refractivity contribution >= 4 is 29.3 Å². The largest absolute Gasteiger partial charge is 0.507 e. The Morgan fingerprint density at radius 1 is 0.864 bits per heavy atom. The number of phenols is 1. The molecule has 0 fully saturated rings. The van der Waals surface area contributed by atoms with Crippen LogP contribution in [0.2, 0.25) is 0 Å². The monoisotopic (exact) mass is 608 g/mol. The van der Waals surface area contributed by atoms with E-state index in [1.54, 1.807) is 30.3 Å². The number of nitrogens with one attached hydrogen (secondary N) is 5. The molecule has 3 aromatic carbocycles. The number of aromatic hydroxyl groups is 1. The number of halogens is 2. The van der Waals surface area contributed by atoms with E-state index in [1.807, 2.05) is 0 Å². The first kappa shape index (κ1) is 32.9. The van der Waals surface area contributed by atoms with Crippen molar-refractivity contribution < 1.29 is 33.1 Å². The Morgan fingerprint density at radius 2 is 1.52 bits per heavy atom. The summed E-state index contributed by atoms with van der Waals surface area (Å²) in [6.07, 6.45) is 0.638. The van der Waals surface area contributed by atoms with E-state index < -0.39 is 47.3 Å². The SMILES string of the molecule is C[C@H](NC(=O)Cc1cc(F)cc(F)c1)C(=O)N[C@H](C(=O)NCCCCNC(=O)c1ccc(N[N+]#N)cc1O)c1ccccc1. The van der Waals surface area contributed by atoms with Crippen molar-refractivity contribution in [3.05, 3.63) is 100 Å². The number of benzene rings is 3. The molecule has 0 aliphatic rings. The number of anilines is 1. The van der Waals surface area contributed by atoms with Gasteiger partial charge in [0.1, 0.15) is 35.2 Å². The lowest BCUT2D eigenvalue weighted by Crippen LogP contribution is -2.49. The maximum atomic E-state index is 13.4. The van der Waals surface area contributed by atoms with Gasteiger partial charge in [0.05, 0.1) is 12.0 Å². The van der Waals surface area contributed by atoms with Gasteiger partial charge >= 0.3 is 5.08 Å². The Balaban J connectivity index is 1.48. The minimum atomic E-state index is -1.07. The number of hydrogen-bond acceptors (Lipinski definition) is 7. The number of hydrogen-bond donors (Lipinski definition) is 6. The lowest BCUT2D eigenvalue weighted by molar-refractivity contribution is -0.131. The third kappa shape index (κ3) is 10.1. The van der Waals surface area contributed by atoms with Crippen LogP contribution < -0.4 is 26.7 Å². The number of diazo groups is 1. The predicted molar refractivity (Wildman–Crippen MR) is 156 cm³/mol. The fraction of sp³-hybridized carbons (Fsp3) is 0.267. The molecule has 6 N–H and O–H groups in total. The first-order chi connectivity index (χ1) is 21.1. The second-order valence-corrected chi connectivity index (χ2v) is 9.79. The average molecular weight is 609 g/mol. The van der Waals surface area contributed by atoms with Gasteiger partial charge in [-0.25, -0.2) is 8.78 Å². The van der Waals surface area contributed by atoms with Crippen LogP contribution in [-0.4, -0.2) is 47.9 Å². The Hall–Kier alpha value is -5.58. The maximum Gasteiger partial charge on any atom is 0.308 e. The lowest BCUT2D eigenvalue weighted by atomic mass is 10.1. The van der Waals surface area contributed by atoms with E-state index in [0.29, 0.717) is 30.2 Å². The minimum absolute atomic E-state index is 0.0384. The highest BCUT2D eigenvalue weighted by Crippen LogP contribution is 2.22. The molecular weight excluding hydrogens is 576 g/mol. The molecule has 0 radical (unpaired) electrons. The van der Waals surface area contributed by atoms with Crippen molar-refractivity contribution in [2.75, 3.05) is 18.5 Å². The molecule has 3 aromatic rings. The van der Waals surface area contributed by atoms with Crippen LogP contribution in [0.4, 0.5) is 14.5 Å². The average Bonchev–Trinajstić information content (AvgIpc) is 2.97. The number of nitrogens with zero attached hydrogens (tertiary/aromatic N) is 2. The van der Waals surface area contributed by atoms with E-state index in [-0.39, 0.29) is 36.4 Å². The summed E-state index contributed by atoms with van der Waals surface area (Å²) in [5, 5.41) is 31.8. The van der Waals surface area contributed by atoms with Gasteiger partial charge in [-0.1, -0.05) is 30.3 Å². The number of rotatable bonds is 14. The van der Waals surface area contributed by atoms with Gasteiger partial charge in [-0.05, 0) is 60.6 Å². The highest BCUT2D eigenvalue weighted by molar-refractivity contribution is 5.97. The summed E-state index contributed by atoms with van der Waals surface area (Å²) < 4.78 is 26.9. The van der Waals surface area contributed by atoms with Gasteiger partial charge in [0, 0.05) is 25.2 Å². The van der Waals surface area contributed by atoms with Crippen LogP contribution in [0.5, 0.6) is 5.75 Å². The molecule has 0 heterocycles. The molecule has 0 aromatic heterocycles. The Bertz CT molecular complexity index is 1510. The molecule has 44 heavy (non-hydrogen) atoms. The maximum absolute atomic E-state index is 13.4. The number of amides is 4. The molecule has 0 saturated heterocycles. The molecule has 0 saturated carbocycles. The van der Waals surface area contributed by atoms with Crippen LogP contribution >= 0.6 is 0 Å². The van der Waals surface area contributed by atoms with E-state index in [4.69, 9.17) is 5.39 Å². The summed E-state index contributed by atoms with van der Waals surface area (Å²) >= 11 is 0. The minimum Gasteiger partial charge on any atom is -0.507 e. The Morgan fingerprint density at radius 3 is 2.16 bits per heavy atom. The summed E-state index contributed by atoms with van der Waals surface area (Å²) in [4.78, 5) is 50.7. The smallest absolute Gasteiger partial charge is 0.308 e. The van der Waals surface area contributed by atoms with Gasteiger partial charge in [0.25, 0.3) is 11.3 Å². The molecule has 2 atom stereocenters. The summed E-state index contributed by atoms with van der Waals surface area (Å²) in [7, 11) is 0.